The molecule has 1 atom stereocenters. The Hall–Kier alpha value is -1.79. The molecule has 7 nitrogen and oxygen atoms in total. The average Bonchev–Trinajstić information content (AvgIpc) is 2.97. The lowest BCUT2D eigenvalue weighted by Gasteiger charge is -2.19. The highest BCUT2D eigenvalue weighted by atomic mass is 16.6. The van der Waals surface area contributed by atoms with Gasteiger partial charge in [-0.05, 0) is 5.92 Å². The van der Waals surface area contributed by atoms with Gasteiger partial charge in [-0.2, -0.15) is 0 Å². The molecule has 2 aliphatic heterocycles. The van der Waals surface area contributed by atoms with Crippen LogP contribution in [-0.2, 0) is 14.3 Å². The Morgan fingerprint density at radius 1 is 1.38 bits per heavy atom. The van der Waals surface area contributed by atoms with Gasteiger partial charge in [0.25, 0.3) is 0 Å². The summed E-state index contributed by atoms with van der Waals surface area (Å²) in [4.78, 5) is 38.4. The summed E-state index contributed by atoms with van der Waals surface area (Å²) in [5.41, 5.74) is 0. The summed E-state index contributed by atoms with van der Waals surface area (Å²) in [6.45, 7) is 7.11. The zero-order valence-corrected chi connectivity index (χ0v) is 12.6. The second-order valence-electron chi connectivity index (χ2n) is 5.99. The van der Waals surface area contributed by atoms with Crippen LogP contribution in [0.15, 0.2) is 0 Å². The fourth-order valence-electron chi connectivity index (χ4n) is 2.65. The van der Waals surface area contributed by atoms with Crippen LogP contribution in [0.25, 0.3) is 0 Å². The molecule has 0 aliphatic carbocycles. The smallest absolute Gasteiger partial charge is 0.409 e. The van der Waals surface area contributed by atoms with Crippen LogP contribution in [-0.4, -0.2) is 67.0 Å². The molecule has 2 saturated heterocycles. The summed E-state index contributed by atoms with van der Waals surface area (Å²) in [5, 5.41) is 2.80. The zero-order chi connectivity index (χ0) is 15.4. The molecule has 2 heterocycles. The quantitative estimate of drug-likeness (QED) is 0.752. The van der Waals surface area contributed by atoms with E-state index in [4.69, 9.17) is 4.74 Å². The lowest BCUT2D eigenvalue weighted by molar-refractivity contribution is -0.129. The molecule has 0 radical (unpaired) electrons. The number of rotatable bonds is 6. The van der Waals surface area contributed by atoms with Crippen molar-refractivity contribution in [2.45, 2.75) is 20.3 Å². The van der Waals surface area contributed by atoms with Crippen LogP contribution in [0.1, 0.15) is 20.3 Å². The second-order valence-corrected chi connectivity index (χ2v) is 5.99. The number of ether oxygens (including phenoxy) is 1. The molecule has 2 aliphatic rings. The molecule has 0 unspecified atom stereocenters. The first-order valence-electron chi connectivity index (χ1n) is 7.44. The first-order valence-corrected chi connectivity index (χ1v) is 7.44. The molecule has 0 saturated carbocycles. The maximum Gasteiger partial charge on any atom is 0.409 e. The Kier molecular flexibility index (Phi) is 5.03. The van der Waals surface area contributed by atoms with Crippen molar-refractivity contribution in [3.8, 4) is 0 Å². The van der Waals surface area contributed by atoms with E-state index in [2.05, 4.69) is 19.2 Å². The van der Waals surface area contributed by atoms with E-state index >= 15 is 0 Å². The average molecular weight is 297 g/mol. The number of nitrogens with zero attached hydrogens (tertiary/aromatic N) is 2. The third kappa shape index (κ3) is 4.09. The number of nitrogens with one attached hydrogen (secondary N) is 1. The second kappa shape index (κ2) is 6.78. The minimum Gasteiger partial charge on any atom is -0.448 e. The number of carbonyl (C=O) groups excluding carboxylic acids is 3. The van der Waals surface area contributed by atoms with Crippen molar-refractivity contribution in [2.24, 2.45) is 11.8 Å². The highest BCUT2D eigenvalue weighted by Gasteiger charge is 2.34. The van der Waals surface area contributed by atoms with Gasteiger partial charge >= 0.3 is 6.09 Å². The van der Waals surface area contributed by atoms with E-state index in [1.165, 1.54) is 0 Å². The number of likely N-dealkylation sites (tertiary alicyclic amines) is 1. The van der Waals surface area contributed by atoms with Crippen LogP contribution >= 0.6 is 0 Å². The molecule has 1 N–H and O–H groups in total. The largest absolute Gasteiger partial charge is 0.448 e. The SMILES string of the molecule is CC(C)CN1C[C@H](C(=O)NCCN2CCOC2=O)CC1=O. The highest BCUT2D eigenvalue weighted by molar-refractivity contribution is 5.89. The van der Waals surface area contributed by atoms with Crippen molar-refractivity contribution in [2.75, 3.05) is 39.3 Å². The summed E-state index contributed by atoms with van der Waals surface area (Å²) in [6, 6.07) is 0. The van der Waals surface area contributed by atoms with Gasteiger partial charge in [0.05, 0.1) is 12.5 Å². The van der Waals surface area contributed by atoms with Gasteiger partial charge in [0.15, 0.2) is 0 Å². The van der Waals surface area contributed by atoms with Crippen molar-refractivity contribution < 1.29 is 19.1 Å². The van der Waals surface area contributed by atoms with Crippen LogP contribution in [0.4, 0.5) is 4.79 Å². The standard InChI is InChI=1S/C14H23N3O4/c1-10(2)8-17-9-11(7-12(17)18)13(19)15-3-4-16-5-6-21-14(16)20/h10-11H,3-9H2,1-2H3,(H,15,19)/t11-/m1/s1. The number of cyclic esters (lactones) is 1. The zero-order valence-electron chi connectivity index (χ0n) is 12.6. The maximum absolute atomic E-state index is 12.1. The number of hydrogen-bond acceptors (Lipinski definition) is 4. The molecular formula is C14H23N3O4. The van der Waals surface area contributed by atoms with E-state index in [0.29, 0.717) is 45.2 Å². The predicted molar refractivity (Wildman–Crippen MR) is 75.5 cm³/mol. The molecule has 0 bridgehead atoms. The van der Waals surface area contributed by atoms with Gasteiger partial charge in [-0.3, -0.25) is 9.59 Å². The Labute approximate surface area is 124 Å². The van der Waals surface area contributed by atoms with Gasteiger partial charge in [0.1, 0.15) is 6.61 Å². The third-order valence-corrected chi connectivity index (χ3v) is 3.70. The van der Waals surface area contributed by atoms with Gasteiger partial charge in [-0.25, -0.2) is 4.79 Å². The fraction of sp³-hybridized carbons (Fsp3) is 0.786. The van der Waals surface area contributed by atoms with E-state index in [1.54, 1.807) is 9.80 Å². The van der Waals surface area contributed by atoms with Gasteiger partial charge in [-0.15, -0.1) is 0 Å². The van der Waals surface area contributed by atoms with E-state index < -0.39 is 0 Å². The Morgan fingerprint density at radius 3 is 2.76 bits per heavy atom. The van der Waals surface area contributed by atoms with Crippen LogP contribution in [0.5, 0.6) is 0 Å². The van der Waals surface area contributed by atoms with E-state index in [9.17, 15) is 14.4 Å². The van der Waals surface area contributed by atoms with Gasteiger partial charge < -0.3 is 19.9 Å². The van der Waals surface area contributed by atoms with Crippen LogP contribution in [0.2, 0.25) is 0 Å². The molecule has 118 valence electrons. The first-order chi connectivity index (χ1) is 9.97. The van der Waals surface area contributed by atoms with Gasteiger partial charge in [0.2, 0.25) is 11.8 Å². The normalized spacial score (nSPS) is 22.1. The molecule has 0 aromatic rings. The Bertz CT molecular complexity index is 424. The molecule has 3 amide bonds. The third-order valence-electron chi connectivity index (χ3n) is 3.70. The first kappa shape index (κ1) is 15.6. The fourth-order valence-corrected chi connectivity index (χ4v) is 2.65. The van der Waals surface area contributed by atoms with Crippen molar-refractivity contribution in [3.05, 3.63) is 0 Å². The predicted octanol–water partition coefficient (Wildman–Crippen LogP) is 0.0593. The van der Waals surface area contributed by atoms with Crippen molar-refractivity contribution >= 4 is 17.9 Å². The number of carbonyl (C=O) groups is 3. The van der Waals surface area contributed by atoms with E-state index in [0.717, 1.165) is 0 Å². The van der Waals surface area contributed by atoms with Gasteiger partial charge in [-0.1, -0.05) is 13.8 Å². The summed E-state index contributed by atoms with van der Waals surface area (Å²) >= 11 is 0. The minimum atomic E-state index is -0.330. The molecule has 21 heavy (non-hydrogen) atoms. The maximum atomic E-state index is 12.1. The molecule has 0 aromatic carbocycles. The number of hydrogen-bond donors (Lipinski definition) is 1. The van der Waals surface area contributed by atoms with Crippen molar-refractivity contribution in [1.82, 2.24) is 15.1 Å². The summed E-state index contributed by atoms with van der Waals surface area (Å²) in [6.07, 6.45) is -0.0481. The Morgan fingerprint density at radius 2 is 2.14 bits per heavy atom. The monoisotopic (exact) mass is 297 g/mol. The molecule has 0 spiro atoms. The van der Waals surface area contributed by atoms with E-state index in [1.807, 2.05) is 0 Å². The molecular weight excluding hydrogens is 274 g/mol. The van der Waals surface area contributed by atoms with Crippen LogP contribution in [0, 0.1) is 11.8 Å². The van der Waals surface area contributed by atoms with Gasteiger partial charge in [0, 0.05) is 32.6 Å². The minimum absolute atomic E-state index is 0.0481. The topological polar surface area (TPSA) is 79.0 Å². The van der Waals surface area contributed by atoms with E-state index in [-0.39, 0.29) is 30.2 Å². The van der Waals surface area contributed by atoms with Crippen LogP contribution < -0.4 is 5.32 Å². The summed E-state index contributed by atoms with van der Waals surface area (Å²) < 4.78 is 4.81. The van der Waals surface area contributed by atoms with Crippen molar-refractivity contribution in [1.29, 1.82) is 0 Å². The van der Waals surface area contributed by atoms with Crippen LogP contribution in [0.3, 0.4) is 0 Å². The highest BCUT2D eigenvalue weighted by Crippen LogP contribution is 2.19. The number of amides is 3. The molecule has 7 heteroatoms. The molecule has 0 aromatic heterocycles. The molecule has 2 fully saturated rings. The molecule has 2 rings (SSSR count). The lowest BCUT2D eigenvalue weighted by atomic mass is 10.1. The van der Waals surface area contributed by atoms with Crippen molar-refractivity contribution in [3.63, 3.8) is 0 Å². The Balaban J connectivity index is 1.71. The summed E-state index contributed by atoms with van der Waals surface area (Å²) in [7, 11) is 0. The summed E-state index contributed by atoms with van der Waals surface area (Å²) in [5.74, 6) is 0.0628. The lowest BCUT2D eigenvalue weighted by Crippen LogP contribution is -2.39.